The topological polar surface area (TPSA) is 63.0 Å². The van der Waals surface area contributed by atoms with Crippen LogP contribution in [-0.2, 0) is 15.1 Å². The molecule has 3 fully saturated rings. The maximum absolute atomic E-state index is 13.3. The molecule has 4 rings (SSSR count). The van der Waals surface area contributed by atoms with Gasteiger partial charge in [0.1, 0.15) is 25.2 Å². The zero-order chi connectivity index (χ0) is 19.3. The number of fused-ring (bicyclic) bond motifs is 3. The van der Waals surface area contributed by atoms with Gasteiger partial charge in [0, 0.05) is 10.8 Å². The first kappa shape index (κ1) is 18.2. The molecular formula is C21H30O4Si. The van der Waals surface area contributed by atoms with Gasteiger partial charge in [-0.15, -0.1) is 6.58 Å². The van der Waals surface area contributed by atoms with E-state index < -0.39 is 30.1 Å². The summed E-state index contributed by atoms with van der Waals surface area (Å²) in [6.07, 6.45) is 2.45. The number of Topliss-reactive ketones (excluding diaryl/α,β-unsaturated/α-hetero) is 1. The Hall–Kier alpha value is -1.17. The van der Waals surface area contributed by atoms with Gasteiger partial charge in [-0.3, -0.25) is 4.79 Å². The maximum atomic E-state index is 13.3. The van der Waals surface area contributed by atoms with Crippen LogP contribution >= 0.6 is 0 Å². The minimum atomic E-state index is -1.65. The summed E-state index contributed by atoms with van der Waals surface area (Å²) < 4.78 is 12.2. The van der Waals surface area contributed by atoms with E-state index >= 15 is 0 Å². The van der Waals surface area contributed by atoms with Crippen molar-refractivity contribution >= 4 is 19.2 Å². The second-order valence-electron chi connectivity index (χ2n) is 10.3. The van der Waals surface area contributed by atoms with Gasteiger partial charge in [-0.25, -0.2) is 0 Å². The van der Waals surface area contributed by atoms with Crippen molar-refractivity contribution in [2.75, 3.05) is 6.61 Å². The highest BCUT2D eigenvalue weighted by Gasteiger charge is 2.84. The Labute approximate surface area is 156 Å². The van der Waals surface area contributed by atoms with Crippen molar-refractivity contribution in [2.24, 2.45) is 22.7 Å². The quantitative estimate of drug-likeness (QED) is 0.501. The first-order valence-electron chi connectivity index (χ1n) is 9.50. The normalized spacial score (nSPS) is 43.7. The highest BCUT2D eigenvalue weighted by atomic mass is 28.3. The fourth-order valence-electron chi connectivity index (χ4n) is 6.00. The first-order valence-corrected chi connectivity index (χ1v) is 13.0. The largest absolute Gasteiger partial charge is 0.468 e. The van der Waals surface area contributed by atoms with Crippen LogP contribution in [-0.4, -0.2) is 31.2 Å². The van der Waals surface area contributed by atoms with Gasteiger partial charge in [0.2, 0.25) is 0 Å². The molecule has 26 heavy (non-hydrogen) atoms. The van der Waals surface area contributed by atoms with Crippen LogP contribution in [0.3, 0.4) is 0 Å². The Morgan fingerprint density at radius 1 is 1.27 bits per heavy atom. The standard InChI is InChI=1S/C21H30O4Si/c1-8-14-18(2,3)17(22)13-11-19(14,4)21(23,20(13)12-24-20)15-9-10-16(25-15)26(5,6)7/h8-10,13-14,23H,1,11-12H2,2-7H3/t13?,14?,19?,20-,21?/m0/s1. The highest BCUT2D eigenvalue weighted by molar-refractivity contribution is 6.87. The van der Waals surface area contributed by atoms with E-state index in [4.69, 9.17) is 9.15 Å². The molecule has 1 aromatic rings. The van der Waals surface area contributed by atoms with Gasteiger partial charge in [-0.05, 0) is 24.5 Å². The predicted molar refractivity (Wildman–Crippen MR) is 103 cm³/mol. The number of epoxide rings is 1. The average Bonchev–Trinajstić information content (AvgIpc) is 3.12. The van der Waals surface area contributed by atoms with E-state index in [2.05, 4.69) is 33.1 Å². The molecule has 142 valence electrons. The molecule has 2 bridgehead atoms. The Morgan fingerprint density at radius 2 is 1.88 bits per heavy atom. The van der Waals surface area contributed by atoms with Crippen molar-refractivity contribution in [1.82, 2.24) is 0 Å². The number of ketones is 1. The van der Waals surface area contributed by atoms with E-state index in [1.165, 1.54) is 0 Å². The summed E-state index contributed by atoms with van der Waals surface area (Å²) >= 11 is 0. The SMILES string of the molecule is C=CC1C(C)(C)C(=O)C2CC1(C)C(O)(c1ccc([Si](C)(C)C)o1)[C@]21CO1. The average molecular weight is 375 g/mol. The number of allylic oxidation sites excluding steroid dienone is 1. The lowest BCUT2D eigenvalue weighted by atomic mass is 9.53. The molecule has 0 radical (unpaired) electrons. The fraction of sp³-hybridized carbons (Fsp3) is 0.667. The molecule has 4 nitrogen and oxygen atoms in total. The molecule has 3 aliphatic rings. The molecule has 2 heterocycles. The zero-order valence-corrected chi connectivity index (χ0v) is 17.7. The van der Waals surface area contributed by atoms with Gasteiger partial charge in [0.25, 0.3) is 0 Å². The van der Waals surface area contributed by atoms with Crippen LogP contribution in [0.1, 0.15) is 33.0 Å². The number of carbonyl (C=O) groups is 1. The van der Waals surface area contributed by atoms with Crippen LogP contribution in [0.25, 0.3) is 0 Å². The number of carbonyl (C=O) groups excluding carboxylic acids is 1. The molecule has 4 unspecified atom stereocenters. The summed E-state index contributed by atoms with van der Waals surface area (Å²) in [5, 5.41) is 13.2. The highest BCUT2D eigenvalue weighted by Crippen LogP contribution is 2.74. The molecule has 1 aliphatic heterocycles. The molecule has 0 aromatic carbocycles. The molecule has 1 saturated heterocycles. The van der Waals surface area contributed by atoms with Crippen LogP contribution in [0.5, 0.6) is 0 Å². The number of furan rings is 1. The monoisotopic (exact) mass is 374 g/mol. The smallest absolute Gasteiger partial charge is 0.160 e. The van der Waals surface area contributed by atoms with Crippen molar-refractivity contribution in [3.8, 4) is 0 Å². The van der Waals surface area contributed by atoms with Crippen molar-refractivity contribution < 1.29 is 19.1 Å². The van der Waals surface area contributed by atoms with Crippen LogP contribution < -0.4 is 5.38 Å². The van der Waals surface area contributed by atoms with Crippen LogP contribution in [0, 0.1) is 22.7 Å². The van der Waals surface area contributed by atoms with Gasteiger partial charge in [-0.1, -0.05) is 46.5 Å². The molecule has 1 aromatic heterocycles. The van der Waals surface area contributed by atoms with Crippen LogP contribution in [0.4, 0.5) is 0 Å². The van der Waals surface area contributed by atoms with E-state index in [9.17, 15) is 9.90 Å². The van der Waals surface area contributed by atoms with E-state index in [1.807, 2.05) is 32.1 Å². The van der Waals surface area contributed by atoms with Crippen molar-refractivity contribution in [3.63, 3.8) is 0 Å². The van der Waals surface area contributed by atoms with Crippen LogP contribution in [0.2, 0.25) is 19.6 Å². The molecule has 5 atom stereocenters. The molecule has 0 amide bonds. The van der Waals surface area contributed by atoms with Crippen molar-refractivity contribution in [2.45, 2.75) is 58.0 Å². The minimum absolute atomic E-state index is 0.159. The third-order valence-corrected chi connectivity index (χ3v) is 9.19. The summed E-state index contributed by atoms with van der Waals surface area (Å²) in [4.78, 5) is 13.3. The Morgan fingerprint density at radius 3 is 2.35 bits per heavy atom. The minimum Gasteiger partial charge on any atom is -0.468 e. The number of ether oxygens (including phenoxy) is 1. The summed E-state index contributed by atoms with van der Waals surface area (Å²) in [5.41, 5.74) is -3.34. The lowest BCUT2D eigenvalue weighted by Crippen LogP contribution is -2.54. The molecular weight excluding hydrogens is 344 g/mol. The number of hydrogen-bond acceptors (Lipinski definition) is 4. The molecule has 1 spiro atoms. The molecule has 1 N–H and O–H groups in total. The summed E-state index contributed by atoms with van der Waals surface area (Å²) in [6, 6.07) is 3.90. The van der Waals surface area contributed by atoms with E-state index in [0.29, 0.717) is 18.8 Å². The number of aliphatic hydroxyl groups is 1. The maximum Gasteiger partial charge on any atom is 0.160 e. The Balaban J connectivity index is 1.95. The van der Waals surface area contributed by atoms with Crippen molar-refractivity contribution in [1.29, 1.82) is 0 Å². The summed E-state index contributed by atoms with van der Waals surface area (Å²) in [7, 11) is -1.65. The summed E-state index contributed by atoms with van der Waals surface area (Å²) in [5.74, 6) is 0.261. The second-order valence-corrected chi connectivity index (χ2v) is 15.3. The van der Waals surface area contributed by atoms with Gasteiger partial charge in [0.05, 0.1) is 17.9 Å². The summed E-state index contributed by atoms with van der Waals surface area (Å²) in [6.45, 7) is 17.1. The lowest BCUT2D eigenvalue weighted by Gasteiger charge is -2.50. The number of rotatable bonds is 3. The Kier molecular flexibility index (Phi) is 3.36. The van der Waals surface area contributed by atoms with E-state index in [1.54, 1.807) is 0 Å². The van der Waals surface area contributed by atoms with Gasteiger partial charge in [0.15, 0.2) is 5.60 Å². The zero-order valence-electron chi connectivity index (χ0n) is 16.7. The van der Waals surface area contributed by atoms with Gasteiger partial charge < -0.3 is 14.3 Å². The van der Waals surface area contributed by atoms with E-state index in [0.717, 1.165) is 5.38 Å². The first-order chi connectivity index (χ1) is 11.9. The third-order valence-electron chi connectivity index (χ3n) is 7.44. The fourth-order valence-corrected chi connectivity index (χ4v) is 6.99. The second kappa shape index (κ2) is 4.81. The number of hydrogen-bond donors (Lipinski definition) is 1. The van der Waals surface area contributed by atoms with E-state index in [-0.39, 0.29) is 17.6 Å². The molecule has 2 aliphatic carbocycles. The van der Waals surface area contributed by atoms with Gasteiger partial charge >= 0.3 is 0 Å². The predicted octanol–water partition coefficient (Wildman–Crippen LogP) is 3.22. The van der Waals surface area contributed by atoms with Gasteiger partial charge in [-0.2, -0.15) is 0 Å². The lowest BCUT2D eigenvalue weighted by molar-refractivity contribution is -0.150. The molecule has 2 saturated carbocycles. The van der Waals surface area contributed by atoms with Crippen molar-refractivity contribution in [3.05, 3.63) is 30.5 Å². The van der Waals surface area contributed by atoms with Crippen LogP contribution in [0.15, 0.2) is 29.2 Å². The third kappa shape index (κ3) is 1.80. The Bertz CT molecular complexity index is 797. The molecule has 5 heteroatoms.